The van der Waals surface area contributed by atoms with E-state index in [-0.39, 0.29) is 35.5 Å². The summed E-state index contributed by atoms with van der Waals surface area (Å²) in [4.78, 5) is 74.8. The molecule has 0 radical (unpaired) electrons. The minimum atomic E-state index is -0.853. The van der Waals surface area contributed by atoms with E-state index in [1.807, 2.05) is 110 Å². The molecule has 0 aromatic heterocycles. The second kappa shape index (κ2) is 18.6. The van der Waals surface area contributed by atoms with E-state index in [0.29, 0.717) is 44.5 Å². The fourth-order valence-electron chi connectivity index (χ4n) is 8.23. The molecule has 2 aromatic rings. The predicted octanol–water partition coefficient (Wildman–Crippen LogP) is 5.12. The van der Waals surface area contributed by atoms with Gasteiger partial charge in [0.2, 0.25) is 29.5 Å². The molecule has 0 unspecified atom stereocenters. The summed E-state index contributed by atoms with van der Waals surface area (Å²) in [5.74, 6) is -1.23. The van der Waals surface area contributed by atoms with Gasteiger partial charge in [0.25, 0.3) is 0 Å². The number of likely N-dealkylation sites (N-methyl/N-ethyl adjacent to an activating group) is 2. The molecular formula is C45H66N6O5. The number of benzene rings is 2. The number of nitrogens with one attached hydrogen (secondary N) is 3. The molecule has 2 aliphatic heterocycles. The molecule has 3 N–H and O–H groups in total. The first-order valence-corrected chi connectivity index (χ1v) is 20.2. The van der Waals surface area contributed by atoms with E-state index in [0.717, 1.165) is 23.1 Å². The maximum Gasteiger partial charge on any atom is 0.249 e. The normalized spacial score (nSPS) is 19.4. The van der Waals surface area contributed by atoms with Crippen LogP contribution in [-0.4, -0.2) is 102 Å². The van der Waals surface area contributed by atoms with Crippen molar-refractivity contribution in [3.05, 3.63) is 82.9 Å². The van der Waals surface area contributed by atoms with Gasteiger partial charge in [0.15, 0.2) is 0 Å². The molecule has 2 fully saturated rings. The smallest absolute Gasteiger partial charge is 0.249 e. The molecule has 0 aliphatic carbocycles. The molecule has 11 heteroatoms. The second-order valence-electron chi connectivity index (χ2n) is 17.7. The molecule has 11 nitrogen and oxygen atoms in total. The van der Waals surface area contributed by atoms with Gasteiger partial charge >= 0.3 is 0 Å². The average Bonchev–Trinajstić information content (AvgIpc) is 3.85. The third kappa shape index (κ3) is 10.3. The fourth-order valence-corrected chi connectivity index (χ4v) is 8.23. The molecule has 2 saturated heterocycles. The van der Waals surface area contributed by atoms with Crippen molar-refractivity contribution in [3.63, 3.8) is 0 Å². The van der Waals surface area contributed by atoms with Crippen molar-refractivity contribution < 1.29 is 24.0 Å². The standard InChI is InChI=1S/C45H66N6O5/c1-29(2)36(49(11)43(56)38(44(5,6)7)48-40(53)37(46-10)45(8,9)33-21-15-18-30(3)26-33)27-31(4)41(54)51-25-17-23-35(51)42(55)50-24-16-22-34(50)39(52)47-28-32-19-13-12-14-20-32/h12-15,18-21,26-27,29,34-38,46H,16-17,22-25,28H2,1-11H3,(H,47,52)(H,48,53)/b31-27+/t34-,35-,36-,37-,38-/m1/s1. The Hall–Kier alpha value is -4.51. The van der Waals surface area contributed by atoms with Crippen molar-refractivity contribution >= 4 is 29.5 Å². The van der Waals surface area contributed by atoms with Crippen LogP contribution in [-0.2, 0) is 35.9 Å². The van der Waals surface area contributed by atoms with E-state index in [1.165, 1.54) is 0 Å². The molecule has 0 spiro atoms. The summed E-state index contributed by atoms with van der Waals surface area (Å²) in [5.41, 5.74) is 2.33. The maximum atomic E-state index is 14.4. The van der Waals surface area contributed by atoms with Crippen molar-refractivity contribution in [2.75, 3.05) is 27.2 Å². The molecule has 0 bridgehead atoms. The van der Waals surface area contributed by atoms with Crippen LogP contribution in [0.1, 0.15) is 97.8 Å². The Bertz CT molecular complexity index is 1750. The van der Waals surface area contributed by atoms with Crippen molar-refractivity contribution in [2.24, 2.45) is 11.3 Å². The number of nitrogens with zero attached hydrogens (tertiary/aromatic N) is 3. The summed E-state index contributed by atoms with van der Waals surface area (Å²) in [5, 5.41) is 9.30. The Morgan fingerprint density at radius 3 is 2.09 bits per heavy atom. The Morgan fingerprint density at radius 2 is 1.50 bits per heavy atom. The molecule has 4 rings (SSSR count). The van der Waals surface area contributed by atoms with E-state index >= 15 is 0 Å². The zero-order chi connectivity index (χ0) is 41.5. The van der Waals surface area contributed by atoms with Crippen molar-refractivity contribution in [1.29, 1.82) is 0 Å². The summed E-state index contributed by atoms with van der Waals surface area (Å²) in [6, 6.07) is 14.6. The minimum absolute atomic E-state index is 0.0657. The number of rotatable bonds is 14. The third-order valence-corrected chi connectivity index (χ3v) is 11.6. The zero-order valence-electron chi connectivity index (χ0n) is 35.6. The van der Waals surface area contributed by atoms with Crippen LogP contribution in [0.4, 0.5) is 0 Å². The van der Waals surface area contributed by atoms with Gasteiger partial charge < -0.3 is 30.7 Å². The lowest BCUT2D eigenvalue weighted by atomic mass is 9.76. The van der Waals surface area contributed by atoms with Crippen LogP contribution in [0.5, 0.6) is 0 Å². The number of amides is 5. The topological polar surface area (TPSA) is 131 Å². The Balaban J connectivity index is 1.49. The van der Waals surface area contributed by atoms with Crippen molar-refractivity contribution in [2.45, 2.75) is 130 Å². The first-order valence-electron chi connectivity index (χ1n) is 20.2. The van der Waals surface area contributed by atoms with Crippen molar-refractivity contribution in [3.8, 4) is 0 Å². The second-order valence-corrected chi connectivity index (χ2v) is 17.7. The molecule has 5 amide bonds. The van der Waals surface area contributed by atoms with Gasteiger partial charge in [-0.15, -0.1) is 0 Å². The first-order chi connectivity index (χ1) is 26.3. The first kappa shape index (κ1) is 44.2. The van der Waals surface area contributed by atoms with Gasteiger partial charge in [0, 0.05) is 37.7 Å². The monoisotopic (exact) mass is 771 g/mol. The lowest BCUT2D eigenvalue weighted by Crippen LogP contribution is -2.61. The van der Waals surface area contributed by atoms with Gasteiger partial charge in [-0.1, -0.05) is 115 Å². The number of aryl methyl sites for hydroxylation is 1. The number of carbonyl (C=O) groups is 5. The van der Waals surface area contributed by atoms with E-state index in [4.69, 9.17) is 0 Å². The number of likely N-dealkylation sites (tertiary alicyclic amines) is 2. The highest BCUT2D eigenvalue weighted by Crippen LogP contribution is 2.31. The summed E-state index contributed by atoms with van der Waals surface area (Å²) in [6.45, 7) is 18.9. The Morgan fingerprint density at radius 1 is 0.875 bits per heavy atom. The SMILES string of the molecule is CN[C@H](C(=O)N[C@H](C(=O)N(C)[C@H](/C=C(\C)C(=O)N1CCC[C@@H]1C(=O)N1CCC[C@@H]1C(=O)NCc1ccccc1)C(C)C)C(C)(C)C)C(C)(C)c1cccc(C)c1. The average molecular weight is 771 g/mol. The van der Waals surface area contributed by atoms with Crippen LogP contribution in [0.15, 0.2) is 66.2 Å². The van der Waals surface area contributed by atoms with Gasteiger partial charge in [0.05, 0.1) is 12.1 Å². The van der Waals surface area contributed by atoms with Crippen LogP contribution in [0, 0.1) is 18.3 Å². The van der Waals surface area contributed by atoms with Gasteiger partial charge in [0.1, 0.15) is 18.1 Å². The van der Waals surface area contributed by atoms with Crippen LogP contribution >= 0.6 is 0 Å². The van der Waals surface area contributed by atoms with E-state index in [1.54, 1.807) is 35.7 Å². The van der Waals surface area contributed by atoms with E-state index in [9.17, 15) is 24.0 Å². The van der Waals surface area contributed by atoms with Crippen LogP contribution in [0.3, 0.4) is 0 Å². The van der Waals surface area contributed by atoms with Gasteiger partial charge in [-0.25, -0.2) is 0 Å². The molecular weight excluding hydrogens is 705 g/mol. The molecule has 2 heterocycles. The Labute approximate surface area is 335 Å². The highest BCUT2D eigenvalue weighted by Gasteiger charge is 2.44. The highest BCUT2D eigenvalue weighted by molar-refractivity contribution is 5.98. The van der Waals surface area contributed by atoms with Crippen LogP contribution < -0.4 is 16.0 Å². The van der Waals surface area contributed by atoms with Gasteiger partial charge in [-0.3, -0.25) is 24.0 Å². The van der Waals surface area contributed by atoms with Crippen LogP contribution in [0.2, 0.25) is 0 Å². The molecule has 56 heavy (non-hydrogen) atoms. The molecule has 5 atom stereocenters. The largest absolute Gasteiger partial charge is 0.350 e. The van der Waals surface area contributed by atoms with Crippen LogP contribution in [0.25, 0.3) is 0 Å². The lowest BCUT2D eigenvalue weighted by molar-refractivity contribution is -0.145. The fraction of sp³-hybridized carbons (Fsp3) is 0.578. The maximum absolute atomic E-state index is 14.4. The lowest BCUT2D eigenvalue weighted by Gasteiger charge is -2.40. The van der Waals surface area contributed by atoms with E-state index in [2.05, 4.69) is 22.0 Å². The summed E-state index contributed by atoms with van der Waals surface area (Å²) in [6.07, 6.45) is 4.33. The summed E-state index contributed by atoms with van der Waals surface area (Å²) < 4.78 is 0. The van der Waals surface area contributed by atoms with Gasteiger partial charge in [-0.05, 0) is 69.0 Å². The number of hydrogen-bond donors (Lipinski definition) is 3. The molecule has 2 aliphatic rings. The predicted molar refractivity (Wildman–Crippen MR) is 221 cm³/mol. The Kier molecular flexibility index (Phi) is 14.7. The minimum Gasteiger partial charge on any atom is -0.350 e. The van der Waals surface area contributed by atoms with Gasteiger partial charge in [-0.2, -0.15) is 0 Å². The highest BCUT2D eigenvalue weighted by atomic mass is 16.2. The summed E-state index contributed by atoms with van der Waals surface area (Å²) >= 11 is 0. The third-order valence-electron chi connectivity index (χ3n) is 11.6. The van der Waals surface area contributed by atoms with E-state index < -0.39 is 41.0 Å². The number of carbonyl (C=O) groups excluding carboxylic acids is 5. The zero-order valence-corrected chi connectivity index (χ0v) is 35.6. The molecule has 306 valence electrons. The summed E-state index contributed by atoms with van der Waals surface area (Å²) in [7, 11) is 3.48. The molecule has 2 aromatic carbocycles. The van der Waals surface area contributed by atoms with Crippen molar-refractivity contribution in [1.82, 2.24) is 30.7 Å². The molecule has 0 saturated carbocycles. The quantitative estimate of drug-likeness (QED) is 0.229. The number of hydrogen-bond acceptors (Lipinski definition) is 6.